The van der Waals surface area contributed by atoms with Gasteiger partial charge in [-0.3, -0.25) is 0 Å². The Balaban J connectivity index is 2.08. The van der Waals surface area contributed by atoms with Gasteiger partial charge in [-0.25, -0.2) is 4.79 Å². The van der Waals surface area contributed by atoms with E-state index in [4.69, 9.17) is 14.2 Å². The zero-order valence-corrected chi connectivity index (χ0v) is 16.3. The molecule has 9 nitrogen and oxygen atoms in total. The average Bonchev–Trinajstić information content (AvgIpc) is 3.12. The summed E-state index contributed by atoms with van der Waals surface area (Å²) in [5, 5.41) is 14.8. The van der Waals surface area contributed by atoms with Gasteiger partial charge in [-0.05, 0) is 48.9 Å². The molecule has 0 bridgehead atoms. The normalized spacial score (nSPS) is 15.7. The highest BCUT2D eigenvalue weighted by Crippen LogP contribution is 2.38. The molecule has 9 heteroatoms. The molecule has 148 valence electrons. The molecule has 1 aliphatic rings. The van der Waals surface area contributed by atoms with Crippen LogP contribution in [-0.2, 0) is 9.53 Å². The molecular weight excluding hydrogens is 362 g/mol. The van der Waals surface area contributed by atoms with Crippen LogP contribution in [0.2, 0.25) is 0 Å². The van der Waals surface area contributed by atoms with Crippen LogP contribution >= 0.6 is 0 Å². The number of anilines is 1. The third kappa shape index (κ3) is 3.68. The number of tetrazole rings is 1. The minimum atomic E-state index is -0.578. The SMILES string of the molecule is C=CCOC(=O)C1=C(C)Nc2nnnn2C1c1ccc(OC(C)C)c(OC)c1. The van der Waals surface area contributed by atoms with Crippen molar-refractivity contribution in [1.29, 1.82) is 0 Å². The Morgan fingerprint density at radius 3 is 2.86 bits per heavy atom. The van der Waals surface area contributed by atoms with E-state index in [1.54, 1.807) is 14.0 Å². The van der Waals surface area contributed by atoms with Gasteiger partial charge in [0.05, 0.1) is 18.8 Å². The van der Waals surface area contributed by atoms with E-state index in [0.29, 0.717) is 28.7 Å². The summed E-state index contributed by atoms with van der Waals surface area (Å²) >= 11 is 0. The number of hydrogen-bond acceptors (Lipinski definition) is 8. The maximum absolute atomic E-state index is 12.7. The summed E-state index contributed by atoms with van der Waals surface area (Å²) in [4.78, 5) is 12.7. The average molecular weight is 385 g/mol. The number of rotatable bonds is 7. The smallest absolute Gasteiger partial charge is 0.338 e. The summed E-state index contributed by atoms with van der Waals surface area (Å²) in [6.45, 7) is 9.34. The van der Waals surface area contributed by atoms with Crippen molar-refractivity contribution in [3.8, 4) is 11.5 Å². The van der Waals surface area contributed by atoms with Crippen molar-refractivity contribution in [3.05, 3.63) is 47.7 Å². The van der Waals surface area contributed by atoms with Crippen LogP contribution in [0.5, 0.6) is 11.5 Å². The quantitative estimate of drug-likeness (QED) is 0.573. The van der Waals surface area contributed by atoms with Crippen molar-refractivity contribution in [3.63, 3.8) is 0 Å². The van der Waals surface area contributed by atoms with Gasteiger partial charge in [0.15, 0.2) is 11.5 Å². The van der Waals surface area contributed by atoms with Gasteiger partial charge in [0.2, 0.25) is 5.95 Å². The number of hydrogen-bond donors (Lipinski definition) is 1. The molecule has 1 atom stereocenters. The minimum Gasteiger partial charge on any atom is -0.493 e. The van der Waals surface area contributed by atoms with E-state index in [1.165, 1.54) is 10.8 Å². The van der Waals surface area contributed by atoms with Crippen LogP contribution in [0.15, 0.2) is 42.1 Å². The largest absolute Gasteiger partial charge is 0.493 e. The molecule has 28 heavy (non-hydrogen) atoms. The van der Waals surface area contributed by atoms with Gasteiger partial charge in [0.1, 0.15) is 12.6 Å². The number of carbonyl (C=O) groups excluding carboxylic acids is 1. The summed E-state index contributed by atoms with van der Waals surface area (Å²) in [6, 6.07) is 4.90. The zero-order chi connectivity index (χ0) is 20.3. The number of aromatic nitrogens is 4. The standard InChI is InChI=1S/C19H23N5O4/c1-6-9-27-18(25)16-12(4)20-19-21-22-23-24(19)17(16)13-7-8-14(28-11(2)3)15(10-13)26-5/h6-8,10-11,17H,1,9H2,2-5H3,(H,20,21,23). The van der Waals surface area contributed by atoms with Gasteiger partial charge in [-0.15, -0.1) is 0 Å². The van der Waals surface area contributed by atoms with Gasteiger partial charge < -0.3 is 19.5 Å². The lowest BCUT2D eigenvalue weighted by molar-refractivity contribution is -0.138. The van der Waals surface area contributed by atoms with Crippen LogP contribution in [0, 0.1) is 0 Å². The zero-order valence-electron chi connectivity index (χ0n) is 16.3. The molecule has 0 radical (unpaired) electrons. The molecule has 1 aliphatic heterocycles. The van der Waals surface area contributed by atoms with Crippen LogP contribution in [0.4, 0.5) is 5.95 Å². The number of esters is 1. The van der Waals surface area contributed by atoms with Gasteiger partial charge in [-0.2, -0.15) is 4.68 Å². The van der Waals surface area contributed by atoms with Gasteiger partial charge in [0, 0.05) is 5.70 Å². The first-order chi connectivity index (χ1) is 13.5. The highest BCUT2D eigenvalue weighted by molar-refractivity contribution is 5.92. The fourth-order valence-electron chi connectivity index (χ4n) is 3.00. The molecule has 0 saturated carbocycles. The summed E-state index contributed by atoms with van der Waals surface area (Å²) in [5.74, 6) is 1.13. The summed E-state index contributed by atoms with van der Waals surface area (Å²) in [5.41, 5.74) is 1.77. The molecule has 2 heterocycles. The molecule has 0 saturated heterocycles. The maximum Gasteiger partial charge on any atom is 0.338 e. The van der Waals surface area contributed by atoms with E-state index in [-0.39, 0.29) is 12.7 Å². The Labute approximate surface area is 163 Å². The lowest BCUT2D eigenvalue weighted by Crippen LogP contribution is -2.29. The molecule has 0 spiro atoms. The molecule has 1 aromatic heterocycles. The lowest BCUT2D eigenvalue weighted by atomic mass is 9.95. The van der Waals surface area contributed by atoms with Crippen molar-refractivity contribution >= 4 is 11.9 Å². The highest BCUT2D eigenvalue weighted by atomic mass is 16.5. The topological polar surface area (TPSA) is 100 Å². The molecule has 0 amide bonds. The van der Waals surface area contributed by atoms with Gasteiger partial charge >= 0.3 is 5.97 Å². The second-order valence-electron chi connectivity index (χ2n) is 6.48. The van der Waals surface area contributed by atoms with Crippen molar-refractivity contribution in [2.75, 3.05) is 19.0 Å². The van der Waals surface area contributed by atoms with Crippen LogP contribution in [0.3, 0.4) is 0 Å². The third-order valence-corrected chi connectivity index (χ3v) is 4.13. The van der Waals surface area contributed by atoms with Crippen molar-refractivity contribution in [2.24, 2.45) is 0 Å². The molecule has 0 fully saturated rings. The second kappa shape index (κ2) is 8.12. The fraction of sp³-hybridized carbons (Fsp3) is 0.368. The van der Waals surface area contributed by atoms with E-state index >= 15 is 0 Å². The maximum atomic E-state index is 12.7. The lowest BCUT2D eigenvalue weighted by Gasteiger charge is -2.27. The second-order valence-corrected chi connectivity index (χ2v) is 6.48. The Morgan fingerprint density at radius 1 is 1.39 bits per heavy atom. The summed E-state index contributed by atoms with van der Waals surface area (Å²) in [7, 11) is 1.57. The van der Waals surface area contributed by atoms with E-state index in [1.807, 2.05) is 32.0 Å². The minimum absolute atomic E-state index is 0.00340. The number of benzene rings is 1. The predicted octanol–water partition coefficient (Wildman–Crippen LogP) is 2.49. The van der Waals surface area contributed by atoms with E-state index in [0.717, 1.165) is 5.56 Å². The Hall–Kier alpha value is -3.36. The van der Waals surface area contributed by atoms with E-state index in [2.05, 4.69) is 27.4 Å². The van der Waals surface area contributed by atoms with Gasteiger partial charge in [0.25, 0.3) is 0 Å². The fourth-order valence-corrected chi connectivity index (χ4v) is 3.00. The first-order valence-electron chi connectivity index (χ1n) is 8.84. The number of allylic oxidation sites excluding steroid dienone is 1. The Morgan fingerprint density at radius 2 is 2.18 bits per heavy atom. The Kier molecular flexibility index (Phi) is 5.62. The monoisotopic (exact) mass is 385 g/mol. The van der Waals surface area contributed by atoms with Crippen LogP contribution in [0.1, 0.15) is 32.4 Å². The van der Waals surface area contributed by atoms with Crippen molar-refractivity contribution in [2.45, 2.75) is 32.9 Å². The number of methoxy groups -OCH3 is 1. The number of nitrogens with zero attached hydrogens (tertiary/aromatic N) is 4. The summed E-state index contributed by atoms with van der Waals surface area (Å²) < 4.78 is 18.1. The highest BCUT2D eigenvalue weighted by Gasteiger charge is 2.35. The molecule has 0 aliphatic carbocycles. The number of fused-ring (bicyclic) bond motifs is 1. The first-order valence-corrected chi connectivity index (χ1v) is 8.84. The van der Waals surface area contributed by atoms with Crippen molar-refractivity contribution < 1.29 is 19.0 Å². The predicted molar refractivity (Wildman–Crippen MR) is 102 cm³/mol. The van der Waals surface area contributed by atoms with Gasteiger partial charge in [-0.1, -0.05) is 23.8 Å². The first kappa shape index (κ1) is 19.4. The number of carbonyl (C=O) groups is 1. The molecule has 2 aromatic rings. The molecule has 3 rings (SSSR count). The molecule has 1 unspecified atom stereocenters. The third-order valence-electron chi connectivity index (χ3n) is 4.13. The van der Waals surface area contributed by atoms with Crippen LogP contribution in [0.25, 0.3) is 0 Å². The van der Waals surface area contributed by atoms with Crippen molar-refractivity contribution in [1.82, 2.24) is 20.2 Å². The molecule has 1 aromatic carbocycles. The summed E-state index contributed by atoms with van der Waals surface area (Å²) in [6.07, 6.45) is 1.51. The number of ether oxygens (including phenoxy) is 3. The molecular formula is C19H23N5O4. The van der Waals surface area contributed by atoms with E-state index < -0.39 is 12.0 Å². The molecule has 1 N–H and O–H groups in total. The number of nitrogens with one attached hydrogen (secondary N) is 1. The Bertz CT molecular complexity index is 919. The van der Waals surface area contributed by atoms with Crippen LogP contribution < -0.4 is 14.8 Å². The van der Waals surface area contributed by atoms with E-state index in [9.17, 15) is 4.79 Å². The van der Waals surface area contributed by atoms with Crippen LogP contribution in [-0.4, -0.2) is 46.0 Å².